The van der Waals surface area contributed by atoms with Crippen molar-refractivity contribution in [1.82, 2.24) is 10.2 Å². The lowest BCUT2D eigenvalue weighted by molar-refractivity contribution is -0.140. The van der Waals surface area contributed by atoms with Gasteiger partial charge in [0.2, 0.25) is 11.8 Å². The van der Waals surface area contributed by atoms with E-state index in [4.69, 9.17) is 23.2 Å². The van der Waals surface area contributed by atoms with Crippen molar-refractivity contribution >= 4 is 50.7 Å². The molecule has 2 amide bonds. The molecule has 0 bridgehead atoms. The number of sulfonamides is 1. The van der Waals surface area contributed by atoms with Gasteiger partial charge in [-0.05, 0) is 60.5 Å². The number of halogens is 2. The average molecular weight is 625 g/mol. The molecule has 4 rings (SSSR count). The Morgan fingerprint density at radius 3 is 2.00 bits per heavy atom. The van der Waals surface area contributed by atoms with Crippen molar-refractivity contribution in [2.24, 2.45) is 0 Å². The van der Waals surface area contributed by atoms with Gasteiger partial charge in [0.25, 0.3) is 10.0 Å². The first-order chi connectivity index (χ1) is 20.2. The fraction of sp³-hybridized carbons (Fsp3) is 0.188. The molecule has 4 aromatic rings. The highest BCUT2D eigenvalue weighted by Gasteiger charge is 2.34. The summed E-state index contributed by atoms with van der Waals surface area (Å²) in [6.45, 7) is 1.71. The van der Waals surface area contributed by atoms with Gasteiger partial charge < -0.3 is 10.2 Å². The van der Waals surface area contributed by atoms with E-state index in [2.05, 4.69) is 5.32 Å². The fourth-order valence-corrected chi connectivity index (χ4v) is 6.24. The zero-order valence-corrected chi connectivity index (χ0v) is 25.3. The molecule has 1 atom stereocenters. The van der Waals surface area contributed by atoms with Gasteiger partial charge in [-0.15, -0.1) is 0 Å². The summed E-state index contributed by atoms with van der Waals surface area (Å²) in [5.41, 5.74) is 1.87. The lowest BCUT2D eigenvalue weighted by Crippen LogP contribution is -2.53. The molecule has 7 nitrogen and oxygen atoms in total. The molecule has 0 heterocycles. The first kappa shape index (κ1) is 31.1. The van der Waals surface area contributed by atoms with Crippen LogP contribution in [0, 0.1) is 0 Å². The molecule has 1 N–H and O–H groups in total. The maximum Gasteiger partial charge on any atom is 0.264 e. The van der Waals surface area contributed by atoms with Gasteiger partial charge in [0, 0.05) is 29.6 Å². The van der Waals surface area contributed by atoms with Gasteiger partial charge in [-0.1, -0.05) is 89.9 Å². The van der Waals surface area contributed by atoms with Crippen LogP contribution in [0.4, 0.5) is 5.69 Å². The smallest absolute Gasteiger partial charge is 0.264 e. The van der Waals surface area contributed by atoms with Crippen molar-refractivity contribution in [3.05, 3.63) is 130 Å². The second kappa shape index (κ2) is 14.4. The summed E-state index contributed by atoms with van der Waals surface area (Å²) in [4.78, 5) is 29.1. The quantitative estimate of drug-likeness (QED) is 0.211. The van der Waals surface area contributed by atoms with Crippen molar-refractivity contribution in [3.8, 4) is 0 Å². The third-order valence-electron chi connectivity index (χ3n) is 6.59. The van der Waals surface area contributed by atoms with Gasteiger partial charge in [-0.2, -0.15) is 0 Å². The third kappa shape index (κ3) is 7.91. The molecule has 0 unspecified atom stereocenters. The molecule has 0 radical (unpaired) electrons. The van der Waals surface area contributed by atoms with Crippen molar-refractivity contribution in [2.75, 3.05) is 17.4 Å². The Morgan fingerprint density at radius 1 is 0.786 bits per heavy atom. The number of benzene rings is 4. The van der Waals surface area contributed by atoms with E-state index >= 15 is 0 Å². The molecule has 0 fully saturated rings. The number of nitrogens with zero attached hydrogens (tertiary/aromatic N) is 2. The minimum absolute atomic E-state index is 0.0427. The second-order valence-corrected chi connectivity index (χ2v) is 12.3. The first-order valence-electron chi connectivity index (χ1n) is 13.4. The number of likely N-dealkylation sites (N-methyl/N-ethyl adjacent to an activating group) is 1. The molecule has 0 spiro atoms. The standard InChI is InChI=1S/C32H31Cl2N3O4S/c1-2-35-32(39)30(20-24-10-5-3-6-11-24)36(22-25-12-7-4-8-13-25)31(38)23-37(28-15-9-14-27(34)21-28)42(40,41)29-18-16-26(33)17-19-29/h3-19,21,30H,2,20,22-23H2,1H3,(H,35,39)/t30-/m1/s1. The number of anilines is 1. The Balaban J connectivity index is 1.78. The van der Waals surface area contributed by atoms with E-state index in [1.807, 2.05) is 60.7 Å². The van der Waals surface area contributed by atoms with Crippen LogP contribution in [-0.4, -0.2) is 44.3 Å². The molecule has 0 aliphatic heterocycles. The summed E-state index contributed by atoms with van der Waals surface area (Å²) in [5, 5.41) is 3.53. The Labute approximate surface area is 256 Å². The topological polar surface area (TPSA) is 86.8 Å². The maximum atomic E-state index is 14.3. The summed E-state index contributed by atoms with van der Waals surface area (Å²) in [5.74, 6) is -0.885. The van der Waals surface area contributed by atoms with E-state index in [9.17, 15) is 18.0 Å². The van der Waals surface area contributed by atoms with Crippen molar-refractivity contribution in [2.45, 2.75) is 30.8 Å². The molecule has 0 aromatic heterocycles. The van der Waals surface area contributed by atoms with Crippen molar-refractivity contribution in [3.63, 3.8) is 0 Å². The maximum absolute atomic E-state index is 14.3. The predicted molar refractivity (Wildman–Crippen MR) is 167 cm³/mol. The first-order valence-corrected chi connectivity index (χ1v) is 15.6. The molecule has 0 saturated heterocycles. The molecule has 218 valence electrons. The number of nitrogens with one attached hydrogen (secondary N) is 1. The van der Waals surface area contributed by atoms with Crippen LogP contribution >= 0.6 is 23.2 Å². The number of amides is 2. The largest absolute Gasteiger partial charge is 0.355 e. The zero-order chi connectivity index (χ0) is 30.1. The van der Waals surface area contributed by atoms with Gasteiger partial charge in [0.1, 0.15) is 12.6 Å². The average Bonchev–Trinajstić information content (AvgIpc) is 2.99. The van der Waals surface area contributed by atoms with Crippen LogP contribution in [-0.2, 0) is 32.6 Å². The fourth-order valence-electron chi connectivity index (χ4n) is 4.52. The number of rotatable bonds is 12. The lowest BCUT2D eigenvalue weighted by atomic mass is 10.0. The number of carbonyl (C=O) groups excluding carboxylic acids is 2. The van der Waals surface area contributed by atoms with Gasteiger partial charge in [0.15, 0.2) is 0 Å². The van der Waals surface area contributed by atoms with E-state index in [0.29, 0.717) is 16.6 Å². The van der Waals surface area contributed by atoms with E-state index in [0.717, 1.165) is 15.4 Å². The number of hydrogen-bond acceptors (Lipinski definition) is 4. The minimum Gasteiger partial charge on any atom is -0.355 e. The Morgan fingerprint density at radius 2 is 1.40 bits per heavy atom. The van der Waals surface area contributed by atoms with Crippen LogP contribution in [0.25, 0.3) is 0 Å². The Bertz CT molecular complexity index is 1600. The molecule has 0 aliphatic carbocycles. The van der Waals surface area contributed by atoms with Crippen LogP contribution in [0.15, 0.2) is 114 Å². The van der Waals surface area contributed by atoms with Gasteiger partial charge in [-0.25, -0.2) is 8.42 Å². The van der Waals surface area contributed by atoms with Gasteiger partial charge >= 0.3 is 0 Å². The van der Waals surface area contributed by atoms with Crippen LogP contribution in [0.2, 0.25) is 10.0 Å². The minimum atomic E-state index is -4.24. The highest BCUT2D eigenvalue weighted by atomic mass is 35.5. The van der Waals surface area contributed by atoms with Crippen molar-refractivity contribution < 1.29 is 18.0 Å². The van der Waals surface area contributed by atoms with Crippen LogP contribution in [0.3, 0.4) is 0 Å². The molecule has 10 heteroatoms. The van der Waals surface area contributed by atoms with Gasteiger partial charge in [0.05, 0.1) is 10.6 Å². The zero-order valence-electron chi connectivity index (χ0n) is 23.0. The van der Waals surface area contributed by atoms with Crippen LogP contribution in [0.5, 0.6) is 0 Å². The lowest BCUT2D eigenvalue weighted by Gasteiger charge is -2.33. The summed E-state index contributed by atoms with van der Waals surface area (Å²) < 4.78 is 28.9. The molecular formula is C32H31Cl2N3O4S. The molecule has 0 aliphatic rings. The monoisotopic (exact) mass is 623 g/mol. The Kier molecular flexibility index (Phi) is 10.6. The number of carbonyl (C=O) groups is 2. The highest BCUT2D eigenvalue weighted by molar-refractivity contribution is 7.92. The van der Waals surface area contributed by atoms with E-state index in [-0.39, 0.29) is 29.5 Å². The normalized spacial score (nSPS) is 11.9. The summed E-state index contributed by atoms with van der Waals surface area (Å²) in [6, 6.07) is 29.7. The summed E-state index contributed by atoms with van der Waals surface area (Å²) >= 11 is 12.3. The van der Waals surface area contributed by atoms with E-state index < -0.39 is 28.5 Å². The summed E-state index contributed by atoms with van der Waals surface area (Å²) in [7, 11) is -4.24. The molecule has 0 saturated carbocycles. The predicted octanol–water partition coefficient (Wildman–Crippen LogP) is 5.96. The number of hydrogen-bond donors (Lipinski definition) is 1. The SMILES string of the molecule is CCNC(=O)[C@@H](Cc1ccccc1)N(Cc1ccccc1)C(=O)CN(c1cccc(Cl)c1)S(=O)(=O)c1ccc(Cl)cc1. The molecule has 42 heavy (non-hydrogen) atoms. The molecular weight excluding hydrogens is 593 g/mol. The van der Waals surface area contributed by atoms with Crippen LogP contribution < -0.4 is 9.62 Å². The summed E-state index contributed by atoms with van der Waals surface area (Å²) in [6.07, 6.45) is 0.242. The van der Waals surface area contributed by atoms with Crippen LogP contribution in [0.1, 0.15) is 18.1 Å². The van der Waals surface area contributed by atoms with E-state index in [1.54, 1.807) is 25.1 Å². The van der Waals surface area contributed by atoms with Crippen molar-refractivity contribution in [1.29, 1.82) is 0 Å². The molecule has 4 aromatic carbocycles. The highest BCUT2D eigenvalue weighted by Crippen LogP contribution is 2.28. The second-order valence-electron chi connectivity index (χ2n) is 9.55. The van der Waals surface area contributed by atoms with E-state index in [1.165, 1.54) is 35.2 Å². The third-order valence-corrected chi connectivity index (χ3v) is 8.87. The van der Waals surface area contributed by atoms with Gasteiger partial charge in [-0.3, -0.25) is 13.9 Å². The Hall–Kier alpha value is -3.85.